The highest BCUT2D eigenvalue weighted by Gasteiger charge is 2.45. The van der Waals surface area contributed by atoms with Crippen molar-refractivity contribution in [3.8, 4) is 0 Å². The van der Waals surface area contributed by atoms with E-state index < -0.39 is 10.0 Å². The van der Waals surface area contributed by atoms with Crippen molar-refractivity contribution in [2.45, 2.75) is 43.4 Å². The van der Waals surface area contributed by atoms with Gasteiger partial charge in [0.1, 0.15) is 4.21 Å². The maximum atomic E-state index is 12.9. The summed E-state index contributed by atoms with van der Waals surface area (Å²) in [5, 5.41) is 1.79. The minimum absolute atomic E-state index is 0.0630. The molecule has 2 aliphatic rings. The molecule has 1 amide bonds. The zero-order chi connectivity index (χ0) is 16.6. The Bertz CT molecular complexity index is 655. The van der Waals surface area contributed by atoms with Gasteiger partial charge in [-0.3, -0.25) is 4.79 Å². The van der Waals surface area contributed by atoms with Crippen molar-refractivity contribution < 1.29 is 13.2 Å². The Hall–Kier alpha value is -0.920. The fraction of sp³-hybridized carbons (Fsp3) is 0.688. The summed E-state index contributed by atoms with van der Waals surface area (Å²) >= 11 is 1.26. The largest absolute Gasteiger partial charge is 0.341 e. The second kappa shape index (κ2) is 6.53. The van der Waals surface area contributed by atoms with Crippen molar-refractivity contribution in [1.29, 1.82) is 0 Å². The molecule has 0 aliphatic carbocycles. The predicted molar refractivity (Wildman–Crippen MR) is 90.8 cm³/mol. The first-order valence-electron chi connectivity index (χ1n) is 8.22. The Labute approximate surface area is 142 Å². The van der Waals surface area contributed by atoms with E-state index in [2.05, 4.69) is 0 Å². The minimum atomic E-state index is -3.43. The van der Waals surface area contributed by atoms with E-state index in [4.69, 9.17) is 0 Å². The molecule has 3 heterocycles. The quantitative estimate of drug-likeness (QED) is 0.832. The number of carbonyl (C=O) groups excluding carboxylic acids is 1. The number of likely N-dealkylation sites (tertiary alicyclic amines) is 1. The highest BCUT2D eigenvalue weighted by atomic mass is 32.2. The molecule has 1 aromatic rings. The first-order chi connectivity index (χ1) is 10.9. The highest BCUT2D eigenvalue weighted by molar-refractivity contribution is 7.91. The van der Waals surface area contributed by atoms with Crippen molar-refractivity contribution in [3.05, 3.63) is 17.5 Å². The van der Waals surface area contributed by atoms with Gasteiger partial charge in [0.05, 0.1) is 0 Å². The summed E-state index contributed by atoms with van der Waals surface area (Å²) in [7, 11) is -3.43. The molecule has 7 heteroatoms. The Kier molecular flexibility index (Phi) is 4.80. The SMILES string of the molecule is CC(C)CC(=O)N1C[C@H]2CCCN(S(=O)(=O)c3cccs3)[C@H]2C1. The van der Waals surface area contributed by atoms with Crippen LogP contribution in [0.15, 0.2) is 21.7 Å². The lowest BCUT2D eigenvalue weighted by Crippen LogP contribution is -2.48. The van der Waals surface area contributed by atoms with Gasteiger partial charge >= 0.3 is 0 Å². The monoisotopic (exact) mass is 356 g/mol. The van der Waals surface area contributed by atoms with Gasteiger partial charge in [-0.1, -0.05) is 19.9 Å². The first-order valence-corrected chi connectivity index (χ1v) is 10.5. The number of sulfonamides is 1. The van der Waals surface area contributed by atoms with E-state index in [1.807, 2.05) is 18.7 Å². The number of rotatable bonds is 4. The Morgan fingerprint density at radius 1 is 1.39 bits per heavy atom. The molecule has 0 radical (unpaired) electrons. The van der Waals surface area contributed by atoms with Crippen LogP contribution in [-0.4, -0.2) is 49.2 Å². The van der Waals surface area contributed by atoms with Crippen LogP contribution in [0.3, 0.4) is 0 Å². The molecule has 3 rings (SSSR count). The first kappa shape index (κ1) is 16.9. The molecule has 0 bridgehead atoms. The molecule has 23 heavy (non-hydrogen) atoms. The average Bonchev–Trinajstić information content (AvgIpc) is 3.15. The van der Waals surface area contributed by atoms with Crippen LogP contribution in [-0.2, 0) is 14.8 Å². The minimum Gasteiger partial charge on any atom is -0.341 e. The predicted octanol–water partition coefficient (Wildman–Crippen LogP) is 2.41. The van der Waals surface area contributed by atoms with Crippen molar-refractivity contribution in [1.82, 2.24) is 9.21 Å². The van der Waals surface area contributed by atoms with Gasteiger partial charge in [-0.2, -0.15) is 4.31 Å². The van der Waals surface area contributed by atoms with E-state index in [9.17, 15) is 13.2 Å². The Balaban J connectivity index is 1.79. The Morgan fingerprint density at radius 3 is 2.83 bits per heavy atom. The molecule has 2 aliphatic heterocycles. The van der Waals surface area contributed by atoms with Gasteiger partial charge in [-0.15, -0.1) is 11.3 Å². The van der Waals surface area contributed by atoms with Gasteiger partial charge in [0, 0.05) is 32.1 Å². The van der Waals surface area contributed by atoms with E-state index in [1.54, 1.807) is 21.8 Å². The normalized spacial score (nSPS) is 25.8. The molecule has 0 aromatic carbocycles. The lowest BCUT2D eigenvalue weighted by Gasteiger charge is -2.35. The molecule has 2 fully saturated rings. The number of hydrogen-bond acceptors (Lipinski definition) is 4. The van der Waals surface area contributed by atoms with E-state index in [0.29, 0.717) is 36.2 Å². The van der Waals surface area contributed by atoms with Crippen molar-refractivity contribution in [2.75, 3.05) is 19.6 Å². The molecular weight excluding hydrogens is 332 g/mol. The maximum absolute atomic E-state index is 12.9. The van der Waals surface area contributed by atoms with Gasteiger partial charge in [0.25, 0.3) is 10.0 Å². The lowest BCUT2D eigenvalue weighted by molar-refractivity contribution is -0.131. The number of nitrogens with zero attached hydrogens (tertiary/aromatic N) is 2. The maximum Gasteiger partial charge on any atom is 0.252 e. The molecule has 0 saturated carbocycles. The molecule has 128 valence electrons. The van der Waals surface area contributed by atoms with Crippen LogP contribution in [0.5, 0.6) is 0 Å². The van der Waals surface area contributed by atoms with Gasteiger partial charge in [0.15, 0.2) is 0 Å². The molecule has 0 N–H and O–H groups in total. The molecular formula is C16H24N2O3S2. The van der Waals surface area contributed by atoms with Gasteiger partial charge < -0.3 is 4.90 Å². The second-order valence-electron chi connectivity index (χ2n) is 6.91. The summed E-state index contributed by atoms with van der Waals surface area (Å²) in [6.45, 7) is 5.88. The highest BCUT2D eigenvalue weighted by Crippen LogP contribution is 2.35. The molecule has 2 saturated heterocycles. The summed E-state index contributed by atoms with van der Waals surface area (Å²) in [5.74, 6) is 0.758. The number of thiophene rings is 1. The fourth-order valence-electron chi connectivity index (χ4n) is 3.65. The third kappa shape index (κ3) is 3.32. The number of amides is 1. The van der Waals surface area contributed by atoms with Gasteiger partial charge in [0.2, 0.25) is 5.91 Å². The summed E-state index contributed by atoms with van der Waals surface area (Å²) in [6, 6.07) is 3.37. The van der Waals surface area contributed by atoms with Crippen molar-refractivity contribution in [3.63, 3.8) is 0 Å². The fourth-order valence-corrected chi connectivity index (χ4v) is 6.48. The summed E-state index contributed by atoms with van der Waals surface area (Å²) in [5.41, 5.74) is 0. The number of hydrogen-bond donors (Lipinski definition) is 0. The smallest absolute Gasteiger partial charge is 0.252 e. The van der Waals surface area contributed by atoms with E-state index in [1.165, 1.54) is 11.3 Å². The van der Waals surface area contributed by atoms with E-state index >= 15 is 0 Å². The van der Waals surface area contributed by atoms with Crippen LogP contribution in [0.25, 0.3) is 0 Å². The summed E-state index contributed by atoms with van der Waals surface area (Å²) in [6.07, 6.45) is 2.42. The van der Waals surface area contributed by atoms with Crippen LogP contribution in [0.2, 0.25) is 0 Å². The van der Waals surface area contributed by atoms with Gasteiger partial charge in [-0.05, 0) is 36.1 Å². The topological polar surface area (TPSA) is 57.7 Å². The van der Waals surface area contributed by atoms with Crippen LogP contribution in [0.4, 0.5) is 0 Å². The molecule has 0 unspecified atom stereocenters. The average molecular weight is 357 g/mol. The number of carbonyl (C=O) groups is 1. The van der Waals surface area contributed by atoms with E-state index in [0.717, 1.165) is 12.8 Å². The number of fused-ring (bicyclic) bond motifs is 1. The third-order valence-corrected chi connectivity index (χ3v) is 8.02. The van der Waals surface area contributed by atoms with Crippen LogP contribution in [0.1, 0.15) is 33.1 Å². The lowest BCUT2D eigenvalue weighted by atomic mass is 9.94. The number of piperidine rings is 1. The van der Waals surface area contributed by atoms with Crippen molar-refractivity contribution >= 4 is 27.3 Å². The zero-order valence-electron chi connectivity index (χ0n) is 13.6. The van der Waals surface area contributed by atoms with Gasteiger partial charge in [-0.25, -0.2) is 8.42 Å². The molecule has 2 atom stereocenters. The van der Waals surface area contributed by atoms with Crippen molar-refractivity contribution in [2.24, 2.45) is 11.8 Å². The van der Waals surface area contributed by atoms with E-state index in [-0.39, 0.29) is 17.9 Å². The molecule has 5 nitrogen and oxygen atoms in total. The molecule has 0 spiro atoms. The standard InChI is InChI=1S/C16H24N2O3S2/c1-12(2)9-15(19)17-10-13-5-3-7-18(14(13)11-17)23(20,21)16-6-4-8-22-16/h4,6,8,12-14H,3,5,7,9-11H2,1-2H3/t13-,14+/m1/s1. The van der Waals surface area contributed by atoms with Crippen LogP contribution >= 0.6 is 11.3 Å². The summed E-state index contributed by atoms with van der Waals surface area (Å²) < 4.78 is 27.8. The molecule has 1 aromatic heterocycles. The third-order valence-electron chi connectivity index (χ3n) is 4.72. The summed E-state index contributed by atoms with van der Waals surface area (Å²) in [4.78, 5) is 14.2. The Morgan fingerprint density at radius 2 is 2.17 bits per heavy atom. The second-order valence-corrected chi connectivity index (χ2v) is 9.98. The zero-order valence-corrected chi connectivity index (χ0v) is 15.3. The van der Waals surface area contributed by atoms with Crippen LogP contribution in [0, 0.1) is 11.8 Å². The van der Waals surface area contributed by atoms with Crippen LogP contribution < -0.4 is 0 Å².